The number of aliphatic hydroxyl groups is 1. The summed E-state index contributed by atoms with van der Waals surface area (Å²) in [5.41, 5.74) is 8.53. The standard InChI is InChI=1S/C33H39N3O3/c1-3-29(30-9-5-4-8-24(30)2)33(25-11-14-28(15-12-25)38-21-18-34-17-19-37)26-13-16-31-27(22-26)23-35-36(31)32-10-6-7-20-39-32/h4-5,8-9,11-16,22-23,32,34,37H,3,6-7,10,17-21H2,1-2H3/b33-29+. The van der Waals surface area contributed by atoms with E-state index in [0.29, 0.717) is 19.7 Å². The molecule has 6 nitrogen and oxygen atoms in total. The highest BCUT2D eigenvalue weighted by Crippen LogP contribution is 2.37. The van der Waals surface area contributed by atoms with Gasteiger partial charge in [0.05, 0.1) is 18.3 Å². The summed E-state index contributed by atoms with van der Waals surface area (Å²) < 4.78 is 14.0. The number of hydrogen-bond acceptors (Lipinski definition) is 5. The summed E-state index contributed by atoms with van der Waals surface area (Å²) >= 11 is 0. The van der Waals surface area contributed by atoms with Crippen LogP contribution in [0.3, 0.4) is 0 Å². The van der Waals surface area contributed by atoms with Crippen molar-refractivity contribution in [2.24, 2.45) is 0 Å². The van der Waals surface area contributed by atoms with Gasteiger partial charge in [0.1, 0.15) is 12.4 Å². The minimum Gasteiger partial charge on any atom is -0.492 e. The number of nitrogens with zero attached hydrogens (tertiary/aromatic N) is 2. The van der Waals surface area contributed by atoms with E-state index >= 15 is 0 Å². The second-order valence-corrected chi connectivity index (χ2v) is 10.1. The zero-order chi connectivity index (χ0) is 27.0. The van der Waals surface area contributed by atoms with E-state index in [0.717, 1.165) is 48.1 Å². The van der Waals surface area contributed by atoms with Gasteiger partial charge < -0.3 is 19.9 Å². The Morgan fingerprint density at radius 1 is 1.05 bits per heavy atom. The van der Waals surface area contributed by atoms with Gasteiger partial charge in [0.25, 0.3) is 0 Å². The van der Waals surface area contributed by atoms with E-state index in [9.17, 15) is 0 Å². The van der Waals surface area contributed by atoms with Crippen LogP contribution in [-0.2, 0) is 4.74 Å². The molecular formula is C33H39N3O3. The Labute approximate surface area is 231 Å². The van der Waals surface area contributed by atoms with Crippen LogP contribution < -0.4 is 10.1 Å². The lowest BCUT2D eigenvalue weighted by Gasteiger charge is -2.23. The molecule has 6 heteroatoms. The van der Waals surface area contributed by atoms with Gasteiger partial charge >= 0.3 is 0 Å². The lowest BCUT2D eigenvalue weighted by molar-refractivity contribution is -0.0366. The van der Waals surface area contributed by atoms with E-state index in [4.69, 9.17) is 19.7 Å². The average molecular weight is 526 g/mol. The summed E-state index contributed by atoms with van der Waals surface area (Å²) in [7, 11) is 0. The number of aromatic nitrogens is 2. The van der Waals surface area contributed by atoms with Crippen LogP contribution in [0.2, 0.25) is 0 Å². The van der Waals surface area contributed by atoms with E-state index in [2.05, 4.69) is 73.8 Å². The molecule has 1 unspecified atom stereocenters. The number of rotatable bonds is 11. The van der Waals surface area contributed by atoms with E-state index in [1.165, 1.54) is 34.3 Å². The van der Waals surface area contributed by atoms with Gasteiger partial charge in [-0.3, -0.25) is 0 Å². The van der Waals surface area contributed by atoms with Gasteiger partial charge in [-0.1, -0.05) is 49.4 Å². The first kappa shape index (κ1) is 27.1. The molecule has 1 atom stereocenters. The Kier molecular flexibility index (Phi) is 9.09. The van der Waals surface area contributed by atoms with Crippen LogP contribution in [0.5, 0.6) is 5.75 Å². The van der Waals surface area contributed by atoms with Crippen molar-refractivity contribution in [3.8, 4) is 5.75 Å². The van der Waals surface area contributed by atoms with Gasteiger partial charge in [-0.15, -0.1) is 0 Å². The van der Waals surface area contributed by atoms with E-state index < -0.39 is 0 Å². The largest absolute Gasteiger partial charge is 0.492 e. The Balaban J connectivity index is 1.53. The lowest BCUT2D eigenvalue weighted by atomic mass is 9.86. The molecule has 0 radical (unpaired) electrons. The third kappa shape index (κ3) is 6.25. The van der Waals surface area contributed by atoms with Crippen LogP contribution in [0.15, 0.2) is 72.9 Å². The fourth-order valence-corrected chi connectivity index (χ4v) is 5.45. The molecule has 5 rings (SSSR count). The predicted molar refractivity (Wildman–Crippen MR) is 158 cm³/mol. The maximum atomic E-state index is 8.93. The molecule has 1 aliphatic rings. The van der Waals surface area contributed by atoms with E-state index in [-0.39, 0.29) is 12.8 Å². The quantitative estimate of drug-likeness (QED) is 0.176. The summed E-state index contributed by atoms with van der Waals surface area (Å²) in [6.45, 7) is 7.16. The van der Waals surface area contributed by atoms with Crippen LogP contribution in [0, 0.1) is 6.92 Å². The van der Waals surface area contributed by atoms with Crippen LogP contribution in [0.25, 0.3) is 22.0 Å². The van der Waals surface area contributed by atoms with Crippen molar-refractivity contribution in [2.75, 3.05) is 32.9 Å². The van der Waals surface area contributed by atoms with Crippen LogP contribution in [-0.4, -0.2) is 47.8 Å². The third-order valence-corrected chi connectivity index (χ3v) is 7.42. The lowest BCUT2D eigenvalue weighted by Crippen LogP contribution is -2.23. The molecule has 4 aromatic rings. The number of benzene rings is 3. The first-order valence-electron chi connectivity index (χ1n) is 14.1. The number of aliphatic hydroxyl groups excluding tert-OH is 1. The molecule has 1 aliphatic heterocycles. The first-order chi connectivity index (χ1) is 19.2. The minimum absolute atomic E-state index is 0.0154. The molecule has 1 aromatic heterocycles. The third-order valence-electron chi connectivity index (χ3n) is 7.42. The van der Waals surface area contributed by atoms with E-state index in [1.807, 2.05) is 23.0 Å². The van der Waals surface area contributed by atoms with Crippen molar-refractivity contribution in [2.45, 2.75) is 45.8 Å². The summed E-state index contributed by atoms with van der Waals surface area (Å²) in [6, 6.07) is 23.7. The van der Waals surface area contributed by atoms with E-state index in [1.54, 1.807) is 0 Å². The van der Waals surface area contributed by atoms with Crippen molar-refractivity contribution in [3.05, 3.63) is 95.2 Å². The van der Waals surface area contributed by atoms with Crippen LogP contribution in [0.4, 0.5) is 0 Å². The second kappa shape index (κ2) is 13.1. The maximum absolute atomic E-state index is 8.93. The SMILES string of the molecule is CC/C(=C(/c1ccc(OCCNCCO)cc1)c1ccc2c(cnn2C2CCCCO2)c1)c1ccccc1C. The second-order valence-electron chi connectivity index (χ2n) is 10.1. The Hall–Kier alpha value is -3.45. The highest BCUT2D eigenvalue weighted by molar-refractivity contribution is 6.00. The summed E-state index contributed by atoms with van der Waals surface area (Å²) in [5.74, 6) is 0.835. The number of allylic oxidation sites excluding steroid dienone is 1. The van der Waals surface area contributed by atoms with Crippen molar-refractivity contribution in [1.82, 2.24) is 15.1 Å². The van der Waals surface area contributed by atoms with Crippen molar-refractivity contribution in [1.29, 1.82) is 0 Å². The summed E-state index contributed by atoms with van der Waals surface area (Å²) in [5, 5.41) is 17.9. The molecule has 1 saturated heterocycles. The minimum atomic E-state index is 0.0154. The van der Waals surface area contributed by atoms with Crippen LogP contribution in [0.1, 0.15) is 61.1 Å². The molecule has 3 aromatic carbocycles. The van der Waals surface area contributed by atoms with Gasteiger partial charge in [0, 0.05) is 25.1 Å². The molecule has 204 valence electrons. The van der Waals surface area contributed by atoms with Crippen molar-refractivity contribution < 1.29 is 14.6 Å². The molecule has 0 spiro atoms. The van der Waals surface area contributed by atoms with Crippen LogP contribution >= 0.6 is 0 Å². The smallest absolute Gasteiger partial charge is 0.150 e. The number of aryl methyl sites for hydroxylation is 1. The van der Waals surface area contributed by atoms with Crippen molar-refractivity contribution in [3.63, 3.8) is 0 Å². The topological polar surface area (TPSA) is 68.5 Å². The fraction of sp³-hybridized carbons (Fsp3) is 0.364. The molecule has 0 amide bonds. The Bertz CT molecular complexity index is 1400. The molecule has 2 heterocycles. The zero-order valence-electron chi connectivity index (χ0n) is 23.0. The number of nitrogens with one attached hydrogen (secondary N) is 1. The highest BCUT2D eigenvalue weighted by Gasteiger charge is 2.20. The normalized spacial score (nSPS) is 16.3. The predicted octanol–water partition coefficient (Wildman–Crippen LogP) is 6.37. The Morgan fingerprint density at radius 2 is 1.87 bits per heavy atom. The molecule has 0 bridgehead atoms. The Morgan fingerprint density at radius 3 is 2.62 bits per heavy atom. The molecular weight excluding hydrogens is 486 g/mol. The summed E-state index contributed by atoms with van der Waals surface area (Å²) in [6.07, 6.45) is 6.19. The number of fused-ring (bicyclic) bond motifs is 1. The van der Waals surface area contributed by atoms with Crippen molar-refractivity contribution >= 4 is 22.0 Å². The average Bonchev–Trinajstić information content (AvgIpc) is 3.41. The number of ether oxygens (including phenoxy) is 2. The zero-order valence-corrected chi connectivity index (χ0v) is 23.0. The fourth-order valence-electron chi connectivity index (χ4n) is 5.45. The van der Waals surface area contributed by atoms with Gasteiger partial charge in [0.2, 0.25) is 0 Å². The van der Waals surface area contributed by atoms with Gasteiger partial charge in [-0.05, 0) is 90.3 Å². The molecule has 1 fully saturated rings. The molecule has 0 saturated carbocycles. The van der Waals surface area contributed by atoms with Gasteiger partial charge in [-0.2, -0.15) is 5.10 Å². The number of hydrogen-bond donors (Lipinski definition) is 2. The molecule has 39 heavy (non-hydrogen) atoms. The monoisotopic (exact) mass is 525 g/mol. The molecule has 2 N–H and O–H groups in total. The first-order valence-corrected chi connectivity index (χ1v) is 14.1. The summed E-state index contributed by atoms with van der Waals surface area (Å²) in [4.78, 5) is 0. The van der Waals surface area contributed by atoms with Gasteiger partial charge in [0.15, 0.2) is 6.23 Å². The maximum Gasteiger partial charge on any atom is 0.150 e. The molecule has 0 aliphatic carbocycles. The highest BCUT2D eigenvalue weighted by atomic mass is 16.5. The van der Waals surface area contributed by atoms with Gasteiger partial charge in [-0.25, -0.2) is 4.68 Å².